The number of methoxy groups -OCH3 is 3. The number of phosphoric ester groups is 1. The smallest absolute Gasteiger partial charge is 0.780 e. The van der Waals surface area contributed by atoms with Gasteiger partial charge in [0.25, 0.3) is 0 Å². The third-order valence-electron chi connectivity index (χ3n) is 3.32. The van der Waals surface area contributed by atoms with E-state index in [9.17, 15) is 18.7 Å². The maximum Gasteiger partial charge on any atom is 1.00 e. The molecule has 2 rings (SSSR count). The molecule has 0 aromatic heterocycles. The van der Waals surface area contributed by atoms with Gasteiger partial charge >= 0.3 is 37.7 Å². The minimum Gasteiger partial charge on any atom is -0.780 e. The van der Waals surface area contributed by atoms with Crippen molar-refractivity contribution in [1.82, 2.24) is 0 Å². The summed E-state index contributed by atoms with van der Waals surface area (Å²) in [6, 6.07) is 7.19. The second-order valence-corrected chi connectivity index (χ2v) is 6.10. The number of hydrogen-bond donors (Lipinski definition) is 0. The molecule has 0 saturated carbocycles. The standard InChI is InChI=1S/C17H18FO7P.2Li/c1-22-14-7-6-11(9-15(14)25-26(19,20)21)4-5-12-8-13(18)17(24-3)16(10-12)23-2;;/h4-10H,1-3H3,(H2,19,20,21);;/q;2*+1/p-2/b5-4-;;. The molecule has 7 nitrogen and oxygen atoms in total. The summed E-state index contributed by atoms with van der Waals surface area (Å²) in [6.07, 6.45) is 3.15. The largest absolute Gasteiger partial charge is 1.00 e. The molecule has 0 fully saturated rings. The monoisotopic (exact) mass is 396 g/mol. The average molecular weight is 396 g/mol. The molecule has 0 aliphatic heterocycles. The Bertz CT molecular complexity index is 871. The van der Waals surface area contributed by atoms with E-state index in [-0.39, 0.29) is 60.7 Å². The summed E-state index contributed by atoms with van der Waals surface area (Å²) in [5.41, 5.74) is 0.987. The molecule has 0 radical (unpaired) electrons. The number of rotatable bonds is 7. The van der Waals surface area contributed by atoms with Crippen molar-refractivity contribution in [2.24, 2.45) is 0 Å². The minimum absolute atomic E-state index is 0. The van der Waals surface area contributed by atoms with Gasteiger partial charge in [0.05, 0.1) is 21.3 Å². The Morgan fingerprint density at radius 3 is 1.96 bits per heavy atom. The van der Waals surface area contributed by atoms with E-state index in [4.69, 9.17) is 14.2 Å². The van der Waals surface area contributed by atoms with E-state index in [1.165, 1.54) is 39.5 Å². The van der Waals surface area contributed by atoms with Gasteiger partial charge in [-0.1, -0.05) is 18.2 Å². The fourth-order valence-corrected chi connectivity index (χ4v) is 2.60. The molecule has 0 spiro atoms. The zero-order chi connectivity index (χ0) is 19.3. The molecule has 0 aliphatic carbocycles. The Labute approximate surface area is 186 Å². The molecule has 0 saturated heterocycles. The molecule has 0 aliphatic rings. The van der Waals surface area contributed by atoms with Gasteiger partial charge < -0.3 is 33.1 Å². The maximum absolute atomic E-state index is 14.0. The molecule has 0 unspecified atom stereocenters. The first-order valence-corrected chi connectivity index (χ1v) is 8.72. The molecule has 11 heteroatoms. The van der Waals surface area contributed by atoms with Crippen molar-refractivity contribution in [3.05, 3.63) is 47.3 Å². The van der Waals surface area contributed by atoms with Crippen LogP contribution in [-0.4, -0.2) is 21.3 Å². The van der Waals surface area contributed by atoms with E-state index in [2.05, 4.69) is 4.52 Å². The van der Waals surface area contributed by atoms with Crippen molar-refractivity contribution < 1.29 is 75.2 Å². The number of hydrogen-bond acceptors (Lipinski definition) is 7. The van der Waals surface area contributed by atoms with Gasteiger partial charge in [-0.3, -0.25) is 0 Å². The fourth-order valence-electron chi connectivity index (χ4n) is 2.22. The van der Waals surface area contributed by atoms with Gasteiger partial charge in [-0.25, -0.2) is 4.39 Å². The predicted octanol–water partition coefficient (Wildman–Crippen LogP) is -3.76. The molecule has 28 heavy (non-hydrogen) atoms. The van der Waals surface area contributed by atoms with Gasteiger partial charge in [-0.2, -0.15) is 0 Å². The zero-order valence-electron chi connectivity index (χ0n) is 16.2. The van der Waals surface area contributed by atoms with E-state index in [1.807, 2.05) is 0 Å². The van der Waals surface area contributed by atoms with Gasteiger partial charge in [0.1, 0.15) is 7.82 Å². The molecule has 0 N–H and O–H groups in total. The first-order chi connectivity index (χ1) is 12.3. The van der Waals surface area contributed by atoms with Crippen LogP contribution in [0.2, 0.25) is 0 Å². The van der Waals surface area contributed by atoms with Crippen LogP contribution in [0.3, 0.4) is 0 Å². The molecule has 2 aromatic carbocycles. The normalized spacial score (nSPS) is 10.6. The van der Waals surface area contributed by atoms with Crippen LogP contribution in [0.5, 0.6) is 23.0 Å². The van der Waals surface area contributed by atoms with E-state index < -0.39 is 13.6 Å². The molecular weight excluding hydrogens is 380 g/mol. The van der Waals surface area contributed by atoms with Gasteiger partial charge in [-0.05, 0) is 35.4 Å². The van der Waals surface area contributed by atoms with Crippen molar-refractivity contribution in [2.45, 2.75) is 0 Å². The third kappa shape index (κ3) is 7.24. The second-order valence-electron chi connectivity index (χ2n) is 5.02. The van der Waals surface area contributed by atoms with Crippen LogP contribution in [0.4, 0.5) is 4.39 Å². The number of benzene rings is 2. The molecule has 0 amide bonds. The average Bonchev–Trinajstić information content (AvgIpc) is 2.58. The first-order valence-electron chi connectivity index (χ1n) is 7.26. The van der Waals surface area contributed by atoms with Crippen molar-refractivity contribution in [1.29, 1.82) is 0 Å². The van der Waals surface area contributed by atoms with Gasteiger partial charge in [0.2, 0.25) is 0 Å². The quantitative estimate of drug-likeness (QED) is 0.269. The minimum atomic E-state index is -5.24. The summed E-state index contributed by atoms with van der Waals surface area (Å²) in [4.78, 5) is 21.7. The SMILES string of the molecule is COc1ccc(/C=C\c2cc(F)c(OC)c(OC)c2)cc1OP(=O)([O-])[O-].[Li+].[Li+]. The number of halogens is 1. The Morgan fingerprint density at radius 2 is 1.43 bits per heavy atom. The third-order valence-corrected chi connectivity index (χ3v) is 3.74. The van der Waals surface area contributed by atoms with Crippen LogP contribution in [-0.2, 0) is 4.57 Å². The van der Waals surface area contributed by atoms with Crippen molar-refractivity contribution in [3.8, 4) is 23.0 Å². The Kier molecular flexibility index (Phi) is 11.0. The van der Waals surface area contributed by atoms with Crippen LogP contribution in [0.1, 0.15) is 11.1 Å². The van der Waals surface area contributed by atoms with E-state index in [0.29, 0.717) is 11.1 Å². The van der Waals surface area contributed by atoms with Crippen LogP contribution >= 0.6 is 7.82 Å². The summed E-state index contributed by atoms with van der Waals surface area (Å²) in [5.74, 6) is -0.521. The predicted molar refractivity (Wildman–Crippen MR) is 89.7 cm³/mol. The van der Waals surface area contributed by atoms with Crippen LogP contribution < -0.4 is 66.2 Å². The molecule has 140 valence electrons. The number of phosphoric acid groups is 1. The molecule has 0 heterocycles. The van der Waals surface area contributed by atoms with Gasteiger partial charge in [-0.15, -0.1) is 0 Å². The Balaban J connectivity index is 0.00000364. The summed E-state index contributed by atoms with van der Waals surface area (Å²) in [5, 5.41) is 0. The Morgan fingerprint density at radius 1 is 0.857 bits per heavy atom. The van der Waals surface area contributed by atoms with Crippen LogP contribution in [0, 0.1) is 5.82 Å². The first kappa shape index (κ1) is 26.7. The fraction of sp³-hybridized carbons (Fsp3) is 0.176. The van der Waals surface area contributed by atoms with E-state index >= 15 is 0 Å². The summed E-state index contributed by atoms with van der Waals surface area (Å²) in [6.45, 7) is 0. The topological polar surface area (TPSA) is 100 Å². The van der Waals surface area contributed by atoms with Gasteiger partial charge in [0, 0.05) is 0 Å². The maximum atomic E-state index is 14.0. The molecule has 0 atom stereocenters. The summed E-state index contributed by atoms with van der Waals surface area (Å²) < 4.78 is 44.2. The van der Waals surface area contributed by atoms with E-state index in [0.717, 1.165) is 0 Å². The second kappa shape index (κ2) is 11.6. The Hall–Kier alpha value is -1.35. The number of ether oxygens (including phenoxy) is 3. The van der Waals surface area contributed by atoms with E-state index in [1.54, 1.807) is 24.3 Å². The van der Waals surface area contributed by atoms with Crippen LogP contribution in [0.15, 0.2) is 30.3 Å². The zero-order valence-corrected chi connectivity index (χ0v) is 17.1. The van der Waals surface area contributed by atoms with Gasteiger partial charge in [0.15, 0.2) is 28.8 Å². The van der Waals surface area contributed by atoms with Crippen molar-refractivity contribution >= 4 is 20.0 Å². The summed E-state index contributed by atoms with van der Waals surface area (Å²) >= 11 is 0. The summed E-state index contributed by atoms with van der Waals surface area (Å²) in [7, 11) is -1.20. The molecule has 2 aromatic rings. The van der Waals surface area contributed by atoms with Crippen LogP contribution in [0.25, 0.3) is 12.2 Å². The van der Waals surface area contributed by atoms with Crippen molar-refractivity contribution in [2.75, 3.05) is 21.3 Å². The molecule has 0 bridgehead atoms. The van der Waals surface area contributed by atoms with Crippen molar-refractivity contribution in [3.63, 3.8) is 0 Å². The molecular formula is C17H16FLi2O7P.